The first-order valence-corrected chi connectivity index (χ1v) is 9.68. The zero-order valence-corrected chi connectivity index (χ0v) is 17.0. The Morgan fingerprint density at radius 3 is 2.72 bits per heavy atom. The third kappa shape index (κ3) is 6.63. The van der Waals surface area contributed by atoms with E-state index in [4.69, 9.17) is 19.4 Å². The molecule has 2 aliphatic heterocycles. The number of carboxylic acids is 1. The number of carbonyl (C=O) groups is 2. The molecule has 1 amide bonds. The number of halogens is 3. The van der Waals surface area contributed by atoms with Crippen molar-refractivity contribution in [1.29, 1.82) is 0 Å². The van der Waals surface area contributed by atoms with Crippen LogP contribution in [0.4, 0.5) is 13.2 Å². The summed E-state index contributed by atoms with van der Waals surface area (Å²) in [5, 5.41) is 10.3. The van der Waals surface area contributed by atoms with Crippen LogP contribution in [0.1, 0.15) is 5.01 Å². The van der Waals surface area contributed by atoms with Gasteiger partial charge in [-0.25, -0.2) is 9.78 Å². The Labute approximate surface area is 170 Å². The van der Waals surface area contributed by atoms with Gasteiger partial charge in [0.2, 0.25) is 5.91 Å². The van der Waals surface area contributed by atoms with Crippen LogP contribution in [0.25, 0.3) is 0 Å². The number of carbonyl (C=O) groups excluding carboxylic acids is 1. The smallest absolute Gasteiger partial charge is 0.475 e. The van der Waals surface area contributed by atoms with Crippen LogP contribution in [0.15, 0.2) is 11.6 Å². The van der Waals surface area contributed by atoms with E-state index in [1.165, 1.54) is 0 Å². The second kappa shape index (κ2) is 9.83. The molecule has 2 aliphatic rings. The lowest BCUT2D eigenvalue weighted by molar-refractivity contribution is -0.192. The van der Waals surface area contributed by atoms with Crippen molar-refractivity contribution in [3.05, 3.63) is 16.6 Å². The number of nitrogens with zero attached hydrogens (tertiary/aromatic N) is 3. The van der Waals surface area contributed by atoms with Crippen LogP contribution in [0, 0.1) is 11.3 Å². The van der Waals surface area contributed by atoms with Crippen LogP contribution in [-0.2, 0) is 25.6 Å². The Morgan fingerprint density at radius 1 is 1.48 bits per heavy atom. The van der Waals surface area contributed by atoms with E-state index in [0.29, 0.717) is 12.5 Å². The third-order valence-corrected chi connectivity index (χ3v) is 5.55. The number of carboxylic acid groups (broad SMARTS) is 1. The predicted octanol–water partition coefficient (Wildman–Crippen LogP) is 1.33. The standard InChI is InChI=1S/C15H23N3O3S.C2HF3O2/c1-17(2)14(19)8-21-11-15-9-18(5-12(15)7-20-10-15)6-13-16-3-4-22-13;3-2(4,5)1(6)7/h3-4,12H,5-11H2,1-2H3;(H,6,7)/t12-,15+;/m1./s1. The molecule has 0 radical (unpaired) electrons. The van der Waals surface area contributed by atoms with Crippen molar-refractivity contribution >= 4 is 23.2 Å². The number of aliphatic carboxylic acids is 1. The van der Waals surface area contributed by atoms with Gasteiger partial charge in [0.1, 0.15) is 11.6 Å². The number of likely N-dealkylation sites (tertiary alicyclic amines) is 1. The Kier molecular flexibility index (Phi) is 7.97. The van der Waals surface area contributed by atoms with E-state index >= 15 is 0 Å². The predicted molar refractivity (Wildman–Crippen MR) is 97.3 cm³/mol. The summed E-state index contributed by atoms with van der Waals surface area (Å²) in [6.07, 6.45) is -3.23. The van der Waals surface area contributed by atoms with Gasteiger partial charge in [0, 0.05) is 50.1 Å². The van der Waals surface area contributed by atoms with Crippen molar-refractivity contribution in [2.75, 3.05) is 53.6 Å². The van der Waals surface area contributed by atoms with Gasteiger partial charge in [-0.15, -0.1) is 11.3 Å². The molecule has 0 aromatic carbocycles. The lowest BCUT2D eigenvalue weighted by Crippen LogP contribution is -2.37. The van der Waals surface area contributed by atoms with E-state index in [2.05, 4.69) is 9.88 Å². The second-order valence-corrected chi connectivity index (χ2v) is 8.23. The fourth-order valence-corrected chi connectivity index (χ4v) is 3.92. The SMILES string of the molecule is CN(C)C(=O)COC[C@]12COC[C@H]1CN(Cc1nccs1)C2.O=C(O)C(F)(F)F. The van der Waals surface area contributed by atoms with Crippen LogP contribution >= 0.6 is 11.3 Å². The maximum atomic E-state index is 11.6. The maximum Gasteiger partial charge on any atom is 0.490 e. The Morgan fingerprint density at radius 2 is 2.17 bits per heavy atom. The molecular weight excluding hydrogens is 415 g/mol. The lowest BCUT2D eigenvalue weighted by atomic mass is 9.82. The zero-order chi connectivity index (χ0) is 21.7. The van der Waals surface area contributed by atoms with Crippen LogP contribution in [-0.4, -0.2) is 91.6 Å². The van der Waals surface area contributed by atoms with Crippen molar-refractivity contribution < 1.29 is 37.3 Å². The van der Waals surface area contributed by atoms with Gasteiger partial charge >= 0.3 is 12.1 Å². The highest BCUT2D eigenvalue weighted by molar-refractivity contribution is 7.09. The number of likely N-dealkylation sites (N-methyl/N-ethyl adjacent to an activating group) is 1. The van der Waals surface area contributed by atoms with Gasteiger partial charge in [-0.05, 0) is 0 Å². The molecule has 3 rings (SSSR count). The molecule has 0 aliphatic carbocycles. The molecule has 3 heterocycles. The van der Waals surface area contributed by atoms with Crippen molar-refractivity contribution in [1.82, 2.24) is 14.8 Å². The topological polar surface area (TPSA) is 92.2 Å². The average molecular weight is 439 g/mol. The van der Waals surface area contributed by atoms with Crippen molar-refractivity contribution in [2.24, 2.45) is 11.3 Å². The van der Waals surface area contributed by atoms with Gasteiger partial charge in [-0.2, -0.15) is 13.2 Å². The van der Waals surface area contributed by atoms with Crippen LogP contribution in [0.5, 0.6) is 0 Å². The summed E-state index contributed by atoms with van der Waals surface area (Å²) in [5.74, 6) is -2.26. The van der Waals surface area contributed by atoms with Crippen molar-refractivity contribution in [3.8, 4) is 0 Å². The number of alkyl halides is 3. The van der Waals surface area contributed by atoms with E-state index in [9.17, 15) is 18.0 Å². The summed E-state index contributed by atoms with van der Waals surface area (Å²) in [6, 6.07) is 0. The minimum atomic E-state index is -5.08. The number of fused-ring (bicyclic) bond motifs is 1. The van der Waals surface area contributed by atoms with Gasteiger partial charge in [-0.3, -0.25) is 9.69 Å². The number of aromatic nitrogens is 1. The largest absolute Gasteiger partial charge is 0.490 e. The molecular formula is C17H24F3N3O5S. The fraction of sp³-hybridized carbons (Fsp3) is 0.706. The molecule has 0 bridgehead atoms. The van der Waals surface area contributed by atoms with E-state index < -0.39 is 12.1 Å². The number of thiazole rings is 1. The monoisotopic (exact) mass is 439 g/mol. The Hall–Kier alpha value is -1.76. The summed E-state index contributed by atoms with van der Waals surface area (Å²) >= 11 is 1.70. The maximum absolute atomic E-state index is 11.6. The molecule has 29 heavy (non-hydrogen) atoms. The van der Waals surface area contributed by atoms with Gasteiger partial charge in [0.15, 0.2) is 0 Å². The first-order chi connectivity index (χ1) is 13.5. The molecule has 2 atom stereocenters. The molecule has 1 aromatic rings. The van der Waals surface area contributed by atoms with Crippen LogP contribution in [0.3, 0.4) is 0 Å². The summed E-state index contributed by atoms with van der Waals surface area (Å²) in [7, 11) is 3.49. The van der Waals surface area contributed by atoms with E-state index in [1.54, 1.807) is 30.3 Å². The van der Waals surface area contributed by atoms with Crippen LogP contribution < -0.4 is 0 Å². The summed E-state index contributed by atoms with van der Waals surface area (Å²) in [4.78, 5) is 28.9. The molecule has 2 fully saturated rings. The number of hydrogen-bond donors (Lipinski definition) is 1. The zero-order valence-electron chi connectivity index (χ0n) is 16.1. The summed E-state index contributed by atoms with van der Waals surface area (Å²) in [5.41, 5.74) is 0.0316. The first kappa shape index (κ1) is 23.5. The first-order valence-electron chi connectivity index (χ1n) is 8.80. The highest BCUT2D eigenvalue weighted by Gasteiger charge is 2.50. The molecule has 0 saturated carbocycles. The number of rotatable bonds is 6. The lowest BCUT2D eigenvalue weighted by Gasteiger charge is -2.27. The average Bonchev–Trinajstić information content (AvgIpc) is 3.31. The third-order valence-electron chi connectivity index (χ3n) is 4.79. The molecule has 0 spiro atoms. The Balaban J connectivity index is 0.000000370. The highest BCUT2D eigenvalue weighted by Crippen LogP contribution is 2.42. The fourth-order valence-electron chi connectivity index (χ4n) is 3.26. The molecule has 164 valence electrons. The molecule has 0 unspecified atom stereocenters. The minimum Gasteiger partial charge on any atom is -0.475 e. The molecule has 12 heteroatoms. The van der Waals surface area contributed by atoms with Crippen LogP contribution in [0.2, 0.25) is 0 Å². The van der Waals surface area contributed by atoms with Crippen molar-refractivity contribution in [3.63, 3.8) is 0 Å². The van der Waals surface area contributed by atoms with E-state index in [0.717, 1.165) is 37.9 Å². The Bertz CT molecular complexity index is 686. The van der Waals surface area contributed by atoms with Gasteiger partial charge in [0.25, 0.3) is 0 Å². The number of ether oxygens (including phenoxy) is 2. The van der Waals surface area contributed by atoms with Gasteiger partial charge in [0.05, 0.1) is 26.4 Å². The van der Waals surface area contributed by atoms with E-state index in [1.807, 2.05) is 11.6 Å². The molecule has 1 aromatic heterocycles. The molecule has 1 N–H and O–H groups in total. The number of amides is 1. The quantitative estimate of drug-likeness (QED) is 0.715. The molecule has 2 saturated heterocycles. The second-order valence-electron chi connectivity index (χ2n) is 7.25. The van der Waals surface area contributed by atoms with E-state index in [-0.39, 0.29) is 17.9 Å². The summed E-state index contributed by atoms with van der Waals surface area (Å²) in [6.45, 7) is 5.12. The van der Waals surface area contributed by atoms with Crippen molar-refractivity contribution in [2.45, 2.75) is 12.7 Å². The van der Waals surface area contributed by atoms with Gasteiger partial charge in [-0.1, -0.05) is 0 Å². The minimum absolute atomic E-state index is 0.00417. The number of hydrogen-bond acceptors (Lipinski definition) is 7. The highest BCUT2D eigenvalue weighted by atomic mass is 32.1. The van der Waals surface area contributed by atoms with Gasteiger partial charge < -0.3 is 19.5 Å². The molecule has 8 nitrogen and oxygen atoms in total. The summed E-state index contributed by atoms with van der Waals surface area (Å²) < 4.78 is 43.1. The normalized spacial score (nSPS) is 24.0.